The maximum atomic E-state index is 11.5. The molecule has 0 fully saturated rings. The van der Waals surface area contributed by atoms with Gasteiger partial charge in [-0.25, -0.2) is 4.79 Å². The summed E-state index contributed by atoms with van der Waals surface area (Å²) in [6.45, 7) is 4.54. The normalized spacial score (nSPS) is 11.8. The van der Waals surface area contributed by atoms with Crippen molar-refractivity contribution in [3.63, 3.8) is 0 Å². The van der Waals surface area contributed by atoms with Crippen molar-refractivity contribution in [1.82, 2.24) is 0 Å². The number of aliphatic carboxylic acids is 1. The predicted octanol–water partition coefficient (Wildman–Crippen LogP) is 2.78. The molecule has 0 bridgehead atoms. The van der Waals surface area contributed by atoms with E-state index in [1.54, 1.807) is 26.4 Å². The van der Waals surface area contributed by atoms with E-state index < -0.39 is 12.0 Å². The number of anilines is 1. The van der Waals surface area contributed by atoms with Gasteiger partial charge in [-0.3, -0.25) is 0 Å². The number of hydrogen-bond donors (Lipinski definition) is 1. The zero-order valence-electron chi connectivity index (χ0n) is 12.5. The second-order valence-corrected chi connectivity index (χ2v) is 4.49. The van der Waals surface area contributed by atoms with Gasteiger partial charge < -0.3 is 19.5 Å². The van der Waals surface area contributed by atoms with Crippen molar-refractivity contribution in [1.29, 1.82) is 0 Å². The van der Waals surface area contributed by atoms with Crippen LogP contribution in [-0.2, 0) is 4.79 Å². The van der Waals surface area contributed by atoms with Crippen LogP contribution < -0.4 is 14.4 Å². The van der Waals surface area contributed by atoms with Gasteiger partial charge in [-0.1, -0.05) is 13.8 Å². The molecular weight excluding hydrogens is 258 g/mol. The molecule has 0 spiro atoms. The number of carboxylic acids is 1. The van der Waals surface area contributed by atoms with E-state index in [2.05, 4.69) is 0 Å². The average Bonchev–Trinajstić information content (AvgIpc) is 2.46. The van der Waals surface area contributed by atoms with Gasteiger partial charge in [0.2, 0.25) is 0 Å². The molecule has 5 nitrogen and oxygen atoms in total. The van der Waals surface area contributed by atoms with Crippen molar-refractivity contribution in [3.8, 4) is 11.5 Å². The lowest BCUT2D eigenvalue weighted by molar-refractivity contribution is -0.138. The highest BCUT2D eigenvalue weighted by Gasteiger charge is 2.26. The minimum Gasteiger partial charge on any atom is -0.497 e. The van der Waals surface area contributed by atoms with Crippen LogP contribution in [-0.4, -0.2) is 37.9 Å². The maximum absolute atomic E-state index is 11.5. The third-order valence-corrected chi connectivity index (χ3v) is 3.21. The number of carbonyl (C=O) groups is 1. The average molecular weight is 281 g/mol. The van der Waals surface area contributed by atoms with Crippen molar-refractivity contribution < 1.29 is 19.4 Å². The van der Waals surface area contributed by atoms with Crippen LogP contribution in [0.2, 0.25) is 0 Å². The van der Waals surface area contributed by atoms with Gasteiger partial charge in [0, 0.05) is 12.6 Å². The first-order valence-electron chi connectivity index (χ1n) is 6.80. The molecule has 20 heavy (non-hydrogen) atoms. The van der Waals surface area contributed by atoms with Crippen molar-refractivity contribution in [2.75, 3.05) is 25.7 Å². The molecule has 0 aliphatic heterocycles. The number of hydrogen-bond acceptors (Lipinski definition) is 4. The Balaban J connectivity index is 3.27. The number of nitrogens with zero attached hydrogens (tertiary/aromatic N) is 1. The SMILES string of the molecule is CCCN(c1cc(OC)ccc1OC)[C@@H](CC)C(=O)O. The number of ether oxygens (including phenoxy) is 2. The van der Waals surface area contributed by atoms with E-state index in [0.717, 1.165) is 12.1 Å². The van der Waals surface area contributed by atoms with Crippen LogP contribution in [0, 0.1) is 0 Å². The van der Waals surface area contributed by atoms with Crippen LogP contribution in [0.3, 0.4) is 0 Å². The molecule has 1 aromatic rings. The molecule has 1 aromatic carbocycles. The smallest absolute Gasteiger partial charge is 0.326 e. The van der Waals surface area contributed by atoms with E-state index in [1.165, 1.54) is 0 Å². The standard InChI is InChI=1S/C15H23NO4/c1-5-9-16(12(6-2)15(17)18)13-10-11(19-3)7-8-14(13)20-4/h7-8,10,12H,5-6,9H2,1-4H3,(H,17,18)/t12-/m0/s1. The highest BCUT2D eigenvalue weighted by atomic mass is 16.5. The molecule has 112 valence electrons. The molecule has 5 heteroatoms. The van der Waals surface area contributed by atoms with Gasteiger partial charge in [0.05, 0.1) is 19.9 Å². The molecule has 1 N–H and O–H groups in total. The van der Waals surface area contributed by atoms with Crippen molar-refractivity contribution >= 4 is 11.7 Å². The maximum Gasteiger partial charge on any atom is 0.326 e. The fourth-order valence-electron chi connectivity index (χ4n) is 2.23. The molecule has 0 amide bonds. The quantitative estimate of drug-likeness (QED) is 0.794. The first-order chi connectivity index (χ1) is 9.58. The predicted molar refractivity (Wildman–Crippen MR) is 78.9 cm³/mol. The van der Waals surface area contributed by atoms with E-state index in [9.17, 15) is 9.90 Å². The Hall–Kier alpha value is -1.91. The molecule has 0 heterocycles. The van der Waals surface area contributed by atoms with Crippen LogP contribution >= 0.6 is 0 Å². The van der Waals surface area contributed by atoms with Gasteiger partial charge in [0.25, 0.3) is 0 Å². The fraction of sp³-hybridized carbons (Fsp3) is 0.533. The lowest BCUT2D eigenvalue weighted by Crippen LogP contribution is -2.41. The van der Waals surface area contributed by atoms with E-state index in [-0.39, 0.29) is 0 Å². The largest absolute Gasteiger partial charge is 0.497 e. The Bertz CT molecular complexity index is 447. The second-order valence-electron chi connectivity index (χ2n) is 4.49. The topological polar surface area (TPSA) is 59.0 Å². The molecule has 1 rings (SSSR count). The zero-order valence-corrected chi connectivity index (χ0v) is 12.5. The summed E-state index contributed by atoms with van der Waals surface area (Å²) in [5, 5.41) is 9.41. The third-order valence-electron chi connectivity index (χ3n) is 3.21. The molecule has 0 aliphatic carbocycles. The monoisotopic (exact) mass is 281 g/mol. The van der Waals surface area contributed by atoms with Gasteiger partial charge in [0.1, 0.15) is 17.5 Å². The van der Waals surface area contributed by atoms with Crippen LogP contribution in [0.15, 0.2) is 18.2 Å². The van der Waals surface area contributed by atoms with Crippen LogP contribution in [0.5, 0.6) is 11.5 Å². The number of carboxylic acid groups (broad SMARTS) is 1. The highest BCUT2D eigenvalue weighted by Crippen LogP contribution is 2.34. The summed E-state index contributed by atoms with van der Waals surface area (Å²) in [6.07, 6.45) is 1.37. The summed E-state index contributed by atoms with van der Waals surface area (Å²) < 4.78 is 10.6. The van der Waals surface area contributed by atoms with E-state index in [1.807, 2.05) is 24.8 Å². The summed E-state index contributed by atoms with van der Waals surface area (Å²) in [5.74, 6) is 0.506. The van der Waals surface area contributed by atoms with E-state index in [4.69, 9.17) is 9.47 Å². The van der Waals surface area contributed by atoms with Crippen LogP contribution in [0.1, 0.15) is 26.7 Å². The molecule has 1 atom stereocenters. The summed E-state index contributed by atoms with van der Waals surface area (Å²) in [6, 6.07) is 4.84. The number of methoxy groups -OCH3 is 2. The van der Waals surface area contributed by atoms with Gasteiger partial charge in [-0.05, 0) is 25.0 Å². The number of rotatable bonds is 8. The van der Waals surface area contributed by atoms with E-state index >= 15 is 0 Å². The Kier molecular flexibility index (Phi) is 6.15. The second kappa shape index (κ2) is 7.62. The minimum absolute atomic E-state index is 0.524. The molecule has 0 aliphatic rings. The summed E-state index contributed by atoms with van der Waals surface area (Å²) in [5.41, 5.74) is 0.753. The number of benzene rings is 1. The summed E-state index contributed by atoms with van der Waals surface area (Å²) in [7, 11) is 3.17. The first kappa shape index (κ1) is 16.1. The van der Waals surface area contributed by atoms with Crippen LogP contribution in [0.4, 0.5) is 5.69 Å². The molecule has 0 aromatic heterocycles. The van der Waals surface area contributed by atoms with Gasteiger partial charge in [-0.2, -0.15) is 0 Å². The highest BCUT2D eigenvalue weighted by molar-refractivity contribution is 5.79. The Morgan fingerprint density at radius 2 is 2.00 bits per heavy atom. The van der Waals surface area contributed by atoms with Crippen molar-refractivity contribution in [2.24, 2.45) is 0 Å². The van der Waals surface area contributed by atoms with Crippen molar-refractivity contribution in [3.05, 3.63) is 18.2 Å². The van der Waals surface area contributed by atoms with Gasteiger partial charge in [-0.15, -0.1) is 0 Å². The van der Waals surface area contributed by atoms with Gasteiger partial charge >= 0.3 is 5.97 Å². The fourth-order valence-corrected chi connectivity index (χ4v) is 2.23. The Morgan fingerprint density at radius 1 is 1.30 bits per heavy atom. The van der Waals surface area contributed by atoms with Gasteiger partial charge in [0.15, 0.2) is 0 Å². The summed E-state index contributed by atoms with van der Waals surface area (Å²) >= 11 is 0. The molecule has 0 saturated heterocycles. The zero-order chi connectivity index (χ0) is 15.1. The molecule has 0 unspecified atom stereocenters. The minimum atomic E-state index is -0.828. The first-order valence-corrected chi connectivity index (χ1v) is 6.80. The lowest BCUT2D eigenvalue weighted by Gasteiger charge is -2.31. The summed E-state index contributed by atoms with van der Waals surface area (Å²) in [4.78, 5) is 13.3. The van der Waals surface area contributed by atoms with Crippen LogP contribution in [0.25, 0.3) is 0 Å². The Labute approximate surface area is 120 Å². The molecular formula is C15H23NO4. The molecule has 0 radical (unpaired) electrons. The van der Waals surface area contributed by atoms with Crippen molar-refractivity contribution in [2.45, 2.75) is 32.7 Å². The van der Waals surface area contributed by atoms with E-state index in [0.29, 0.717) is 24.5 Å². The lowest BCUT2D eigenvalue weighted by atomic mass is 10.1. The molecule has 0 saturated carbocycles. The third kappa shape index (κ3) is 3.56. The Morgan fingerprint density at radius 3 is 2.45 bits per heavy atom.